The number of nitrogens with zero attached hydrogens (tertiary/aromatic N) is 1. The fraction of sp³-hybridized carbons (Fsp3) is 0.667. The Hall–Kier alpha value is -1.88. The molecule has 1 spiro atoms. The van der Waals surface area contributed by atoms with Crippen molar-refractivity contribution in [2.45, 2.75) is 64.3 Å². The summed E-state index contributed by atoms with van der Waals surface area (Å²) in [6.45, 7) is 4.65. The maximum Gasteiger partial charge on any atom is 0.227 e. The number of amides is 2. The number of aryl methyl sites for hydroxylation is 1. The fourth-order valence-corrected chi connectivity index (χ4v) is 5.44. The Morgan fingerprint density at radius 1 is 1.14 bits per heavy atom. The van der Waals surface area contributed by atoms with E-state index < -0.39 is 0 Å². The molecule has 0 bridgehead atoms. The Morgan fingerprint density at radius 2 is 1.86 bits per heavy atom. The molecule has 4 rings (SSSR count). The number of rotatable bonds is 4. The first-order valence-corrected chi connectivity index (χ1v) is 11.3. The lowest BCUT2D eigenvalue weighted by Gasteiger charge is -2.38. The summed E-state index contributed by atoms with van der Waals surface area (Å²) in [5.41, 5.74) is 2.10. The second-order valence-corrected chi connectivity index (χ2v) is 9.25. The zero-order chi connectivity index (χ0) is 20.3. The molecule has 2 amide bonds. The van der Waals surface area contributed by atoms with Crippen molar-refractivity contribution in [3.63, 3.8) is 0 Å². The van der Waals surface area contributed by atoms with Crippen LogP contribution in [0.1, 0.15) is 56.1 Å². The topological polar surface area (TPSA) is 58.6 Å². The molecule has 1 N–H and O–H groups in total. The zero-order valence-electron chi connectivity index (χ0n) is 17.6. The molecule has 2 aliphatic heterocycles. The highest BCUT2D eigenvalue weighted by Crippen LogP contribution is 2.44. The van der Waals surface area contributed by atoms with Gasteiger partial charge in [-0.3, -0.25) is 9.59 Å². The van der Waals surface area contributed by atoms with E-state index in [0.29, 0.717) is 38.8 Å². The van der Waals surface area contributed by atoms with Crippen molar-refractivity contribution in [1.82, 2.24) is 10.2 Å². The predicted molar refractivity (Wildman–Crippen MR) is 112 cm³/mol. The summed E-state index contributed by atoms with van der Waals surface area (Å²) in [4.78, 5) is 28.3. The molecule has 29 heavy (non-hydrogen) atoms. The van der Waals surface area contributed by atoms with Crippen LogP contribution in [0.5, 0.6) is 0 Å². The maximum absolute atomic E-state index is 13.3. The summed E-state index contributed by atoms with van der Waals surface area (Å²) in [7, 11) is 0. The van der Waals surface area contributed by atoms with E-state index in [1.807, 2.05) is 36.1 Å². The molecule has 1 saturated carbocycles. The van der Waals surface area contributed by atoms with Crippen molar-refractivity contribution < 1.29 is 14.3 Å². The lowest BCUT2D eigenvalue weighted by Crippen LogP contribution is -2.47. The first kappa shape index (κ1) is 20.4. The van der Waals surface area contributed by atoms with Crippen LogP contribution in [0.2, 0.25) is 0 Å². The van der Waals surface area contributed by atoms with Gasteiger partial charge in [0.2, 0.25) is 11.8 Å². The van der Waals surface area contributed by atoms with Crippen LogP contribution in [-0.2, 0) is 20.7 Å². The molecule has 0 aromatic heterocycles. The molecule has 1 aliphatic carbocycles. The summed E-state index contributed by atoms with van der Waals surface area (Å²) in [6.07, 6.45) is 8.00. The van der Waals surface area contributed by atoms with Crippen LogP contribution < -0.4 is 5.32 Å². The van der Waals surface area contributed by atoms with E-state index >= 15 is 0 Å². The quantitative estimate of drug-likeness (QED) is 0.847. The van der Waals surface area contributed by atoms with E-state index in [1.165, 1.54) is 19.3 Å². The SMILES string of the molecule is Cc1ccccc1CC(=O)N1CC(C(=O)NC2CCCCC2)C2(CCOCC2)C1. The van der Waals surface area contributed by atoms with Gasteiger partial charge < -0.3 is 15.0 Å². The highest BCUT2D eigenvalue weighted by atomic mass is 16.5. The van der Waals surface area contributed by atoms with Gasteiger partial charge in [0.15, 0.2) is 0 Å². The first-order chi connectivity index (χ1) is 14.1. The van der Waals surface area contributed by atoms with E-state index in [9.17, 15) is 9.59 Å². The maximum atomic E-state index is 13.3. The van der Waals surface area contributed by atoms with E-state index in [4.69, 9.17) is 4.74 Å². The Kier molecular flexibility index (Phi) is 6.23. The molecule has 5 heteroatoms. The number of benzene rings is 1. The minimum absolute atomic E-state index is 0.117. The summed E-state index contributed by atoms with van der Waals surface area (Å²) < 4.78 is 5.61. The molecule has 0 radical (unpaired) electrons. The van der Waals surface area contributed by atoms with Crippen molar-refractivity contribution in [2.75, 3.05) is 26.3 Å². The Bertz CT molecular complexity index is 735. The third-order valence-electron chi connectivity index (χ3n) is 7.36. The molecule has 1 aromatic rings. The monoisotopic (exact) mass is 398 g/mol. The standard InChI is InChI=1S/C24H34N2O3/c1-18-7-5-6-8-19(18)15-22(27)26-16-21(24(17-26)11-13-29-14-12-24)23(28)25-20-9-3-2-4-10-20/h5-8,20-21H,2-4,9-17H2,1H3,(H,25,28). The van der Waals surface area contributed by atoms with Crippen molar-refractivity contribution in [3.05, 3.63) is 35.4 Å². The van der Waals surface area contributed by atoms with Gasteiger partial charge in [-0.25, -0.2) is 0 Å². The van der Waals surface area contributed by atoms with Gasteiger partial charge in [0, 0.05) is 37.8 Å². The molecule has 1 aromatic carbocycles. The second kappa shape index (κ2) is 8.86. The highest BCUT2D eigenvalue weighted by Gasteiger charge is 2.51. The number of hydrogen-bond acceptors (Lipinski definition) is 3. The fourth-order valence-electron chi connectivity index (χ4n) is 5.44. The Morgan fingerprint density at radius 3 is 2.59 bits per heavy atom. The number of nitrogens with one attached hydrogen (secondary N) is 1. The normalized spacial score (nSPS) is 24.6. The van der Waals surface area contributed by atoms with Crippen molar-refractivity contribution >= 4 is 11.8 Å². The van der Waals surface area contributed by atoms with E-state index in [0.717, 1.165) is 36.8 Å². The van der Waals surface area contributed by atoms with Crippen LogP contribution in [0.15, 0.2) is 24.3 Å². The third kappa shape index (κ3) is 4.50. The van der Waals surface area contributed by atoms with Gasteiger partial charge >= 0.3 is 0 Å². The minimum atomic E-state index is -0.127. The van der Waals surface area contributed by atoms with Crippen LogP contribution >= 0.6 is 0 Å². The Balaban J connectivity index is 1.47. The number of carbonyl (C=O) groups is 2. The van der Waals surface area contributed by atoms with Crippen LogP contribution in [0, 0.1) is 18.3 Å². The summed E-state index contributed by atoms with van der Waals surface area (Å²) in [6, 6.07) is 8.38. The second-order valence-electron chi connectivity index (χ2n) is 9.25. The first-order valence-electron chi connectivity index (χ1n) is 11.3. The lowest BCUT2D eigenvalue weighted by atomic mass is 9.71. The van der Waals surface area contributed by atoms with E-state index in [1.54, 1.807) is 0 Å². The number of ether oxygens (including phenoxy) is 1. The predicted octanol–water partition coefficient (Wildman–Crippen LogP) is 3.24. The Labute approximate surface area is 174 Å². The van der Waals surface area contributed by atoms with Gasteiger partial charge in [-0.1, -0.05) is 43.5 Å². The average Bonchev–Trinajstić information content (AvgIpc) is 3.10. The van der Waals surface area contributed by atoms with Gasteiger partial charge in [0.05, 0.1) is 12.3 Å². The van der Waals surface area contributed by atoms with Crippen LogP contribution in [0.3, 0.4) is 0 Å². The molecule has 3 aliphatic rings. The molecular weight excluding hydrogens is 364 g/mol. The van der Waals surface area contributed by atoms with Crippen LogP contribution in [0.25, 0.3) is 0 Å². The van der Waals surface area contributed by atoms with Crippen molar-refractivity contribution in [3.8, 4) is 0 Å². The number of likely N-dealkylation sites (tertiary alicyclic amines) is 1. The number of carbonyl (C=O) groups excluding carboxylic acids is 2. The van der Waals surface area contributed by atoms with Crippen LogP contribution in [0.4, 0.5) is 0 Å². The van der Waals surface area contributed by atoms with Crippen LogP contribution in [-0.4, -0.2) is 49.1 Å². The summed E-state index contributed by atoms with van der Waals surface area (Å²) in [5, 5.41) is 3.33. The summed E-state index contributed by atoms with van der Waals surface area (Å²) in [5.74, 6) is 0.178. The smallest absolute Gasteiger partial charge is 0.227 e. The molecule has 2 saturated heterocycles. The van der Waals surface area contributed by atoms with Gasteiger partial charge in [-0.15, -0.1) is 0 Å². The minimum Gasteiger partial charge on any atom is -0.381 e. The molecule has 3 fully saturated rings. The molecule has 1 atom stereocenters. The molecule has 158 valence electrons. The third-order valence-corrected chi connectivity index (χ3v) is 7.36. The molecule has 2 heterocycles. The summed E-state index contributed by atoms with van der Waals surface area (Å²) >= 11 is 0. The molecule has 1 unspecified atom stereocenters. The van der Waals surface area contributed by atoms with E-state index in [2.05, 4.69) is 5.32 Å². The zero-order valence-corrected chi connectivity index (χ0v) is 17.6. The number of hydrogen-bond donors (Lipinski definition) is 1. The largest absolute Gasteiger partial charge is 0.381 e. The average molecular weight is 399 g/mol. The van der Waals surface area contributed by atoms with Gasteiger partial charge in [-0.2, -0.15) is 0 Å². The molecular formula is C24H34N2O3. The highest BCUT2D eigenvalue weighted by molar-refractivity contribution is 5.84. The van der Waals surface area contributed by atoms with Crippen molar-refractivity contribution in [1.29, 1.82) is 0 Å². The van der Waals surface area contributed by atoms with Gasteiger partial charge in [0.1, 0.15) is 0 Å². The molecule has 5 nitrogen and oxygen atoms in total. The van der Waals surface area contributed by atoms with E-state index in [-0.39, 0.29) is 23.1 Å². The van der Waals surface area contributed by atoms with Crippen molar-refractivity contribution in [2.24, 2.45) is 11.3 Å². The van der Waals surface area contributed by atoms with Gasteiger partial charge in [-0.05, 0) is 43.7 Å². The lowest BCUT2D eigenvalue weighted by molar-refractivity contribution is -0.130. The van der Waals surface area contributed by atoms with Gasteiger partial charge in [0.25, 0.3) is 0 Å².